The maximum atomic E-state index is 12.0. The standard InChI is InChI=1S/C21H26ClN3O2/c22-18-9-7-17(8-10-18)19-11-13-21(27)25(24-19)15-14-23-20(26)12-6-16-4-2-1-3-5-16/h7-11,13,16H,1-6,12,14-15H2,(H,23,26). The highest BCUT2D eigenvalue weighted by atomic mass is 35.5. The predicted octanol–water partition coefficient (Wildman–Crippen LogP) is 4.04. The number of benzene rings is 1. The Kier molecular flexibility index (Phi) is 7.04. The largest absolute Gasteiger partial charge is 0.354 e. The quantitative estimate of drug-likeness (QED) is 0.779. The van der Waals surface area contributed by atoms with Gasteiger partial charge >= 0.3 is 0 Å². The molecule has 0 radical (unpaired) electrons. The lowest BCUT2D eigenvalue weighted by atomic mass is 9.86. The first-order valence-electron chi connectivity index (χ1n) is 9.72. The first-order chi connectivity index (χ1) is 13.1. The van der Waals surface area contributed by atoms with Crippen LogP contribution < -0.4 is 10.9 Å². The third-order valence-electron chi connectivity index (χ3n) is 5.16. The van der Waals surface area contributed by atoms with Gasteiger partial charge in [-0.3, -0.25) is 9.59 Å². The zero-order valence-electron chi connectivity index (χ0n) is 15.5. The molecule has 0 atom stereocenters. The van der Waals surface area contributed by atoms with Crippen molar-refractivity contribution >= 4 is 17.5 Å². The van der Waals surface area contributed by atoms with Crippen LogP contribution in [0.25, 0.3) is 11.3 Å². The maximum absolute atomic E-state index is 12.0. The van der Waals surface area contributed by atoms with Gasteiger partial charge in [-0.05, 0) is 30.5 Å². The monoisotopic (exact) mass is 387 g/mol. The summed E-state index contributed by atoms with van der Waals surface area (Å²) in [6.07, 6.45) is 7.97. The Morgan fingerprint density at radius 3 is 2.59 bits per heavy atom. The summed E-state index contributed by atoms with van der Waals surface area (Å²) in [5.74, 6) is 0.757. The number of nitrogens with zero attached hydrogens (tertiary/aromatic N) is 2. The van der Waals surface area contributed by atoms with Crippen molar-refractivity contribution in [3.63, 3.8) is 0 Å². The van der Waals surface area contributed by atoms with Gasteiger partial charge in [0.25, 0.3) is 5.56 Å². The van der Waals surface area contributed by atoms with E-state index in [2.05, 4.69) is 10.4 Å². The molecule has 0 bridgehead atoms. The Hall–Kier alpha value is -2.14. The molecule has 0 spiro atoms. The first kappa shape index (κ1) is 19.6. The van der Waals surface area contributed by atoms with Crippen molar-refractivity contribution in [2.24, 2.45) is 5.92 Å². The molecule has 0 aliphatic heterocycles. The number of carbonyl (C=O) groups is 1. The molecule has 2 aromatic rings. The Morgan fingerprint density at radius 2 is 1.85 bits per heavy atom. The van der Waals surface area contributed by atoms with Crippen LogP contribution in [0.1, 0.15) is 44.9 Å². The number of carbonyl (C=O) groups excluding carboxylic acids is 1. The Balaban J connectivity index is 1.50. The number of aromatic nitrogens is 2. The molecule has 1 saturated carbocycles. The summed E-state index contributed by atoms with van der Waals surface area (Å²) in [6, 6.07) is 10.5. The third kappa shape index (κ3) is 5.93. The molecule has 6 heteroatoms. The lowest BCUT2D eigenvalue weighted by molar-refractivity contribution is -0.121. The molecule has 144 valence electrons. The minimum atomic E-state index is -0.177. The van der Waals surface area contributed by atoms with Gasteiger partial charge in [-0.2, -0.15) is 5.10 Å². The van der Waals surface area contributed by atoms with Gasteiger partial charge in [-0.15, -0.1) is 0 Å². The minimum absolute atomic E-state index is 0.0579. The van der Waals surface area contributed by atoms with Crippen LogP contribution in [0.15, 0.2) is 41.2 Å². The number of rotatable bonds is 7. The Bertz CT molecular complexity index is 811. The molecule has 1 amide bonds. The third-order valence-corrected chi connectivity index (χ3v) is 5.41. The van der Waals surface area contributed by atoms with Gasteiger partial charge in [0.1, 0.15) is 0 Å². The van der Waals surface area contributed by atoms with Gasteiger partial charge in [0.2, 0.25) is 5.91 Å². The van der Waals surface area contributed by atoms with E-state index in [1.807, 2.05) is 12.1 Å². The molecule has 0 saturated heterocycles. The lowest BCUT2D eigenvalue weighted by Crippen LogP contribution is -2.32. The number of halogens is 1. The molecule has 3 rings (SSSR count). The van der Waals surface area contributed by atoms with E-state index in [1.54, 1.807) is 18.2 Å². The molecule has 1 aliphatic rings. The summed E-state index contributed by atoms with van der Waals surface area (Å²) < 4.78 is 1.39. The van der Waals surface area contributed by atoms with Crippen LogP contribution in [-0.2, 0) is 11.3 Å². The second-order valence-corrected chi connectivity index (χ2v) is 7.62. The molecular weight excluding hydrogens is 362 g/mol. The van der Waals surface area contributed by atoms with Crippen molar-refractivity contribution < 1.29 is 4.79 Å². The first-order valence-corrected chi connectivity index (χ1v) is 10.1. The molecule has 5 nitrogen and oxygen atoms in total. The highest BCUT2D eigenvalue weighted by Gasteiger charge is 2.14. The van der Waals surface area contributed by atoms with Crippen molar-refractivity contribution in [2.75, 3.05) is 6.54 Å². The van der Waals surface area contributed by atoms with Crippen LogP contribution in [0, 0.1) is 5.92 Å². The highest BCUT2D eigenvalue weighted by Crippen LogP contribution is 2.27. The number of nitrogens with one attached hydrogen (secondary N) is 1. The lowest BCUT2D eigenvalue weighted by Gasteiger charge is -2.21. The van der Waals surface area contributed by atoms with E-state index < -0.39 is 0 Å². The van der Waals surface area contributed by atoms with Gasteiger partial charge in [0.15, 0.2) is 0 Å². The number of amides is 1. The van der Waals surface area contributed by atoms with Gasteiger partial charge in [-0.25, -0.2) is 4.68 Å². The summed E-state index contributed by atoms with van der Waals surface area (Å²) in [6.45, 7) is 0.760. The van der Waals surface area contributed by atoms with Gasteiger partial charge < -0.3 is 5.32 Å². The van der Waals surface area contributed by atoms with Gasteiger partial charge in [0, 0.05) is 29.6 Å². The summed E-state index contributed by atoms with van der Waals surface area (Å²) in [4.78, 5) is 24.1. The van der Waals surface area contributed by atoms with Crippen molar-refractivity contribution in [3.8, 4) is 11.3 Å². The van der Waals surface area contributed by atoms with E-state index in [-0.39, 0.29) is 11.5 Å². The molecule has 1 heterocycles. The Labute approximate surface area is 164 Å². The van der Waals surface area contributed by atoms with Gasteiger partial charge in [-0.1, -0.05) is 55.8 Å². The molecular formula is C21H26ClN3O2. The fourth-order valence-corrected chi connectivity index (χ4v) is 3.71. The van der Waals surface area contributed by atoms with Crippen LogP contribution in [-0.4, -0.2) is 22.2 Å². The zero-order chi connectivity index (χ0) is 19.1. The molecule has 0 unspecified atom stereocenters. The summed E-state index contributed by atoms with van der Waals surface area (Å²) in [5, 5.41) is 7.96. The van der Waals surface area contributed by atoms with E-state index in [0.29, 0.717) is 36.1 Å². The van der Waals surface area contributed by atoms with Crippen LogP contribution >= 0.6 is 11.6 Å². The number of hydrogen-bond acceptors (Lipinski definition) is 3. The van der Waals surface area contributed by atoms with Gasteiger partial charge in [0.05, 0.1) is 12.2 Å². The minimum Gasteiger partial charge on any atom is -0.354 e. The van der Waals surface area contributed by atoms with Crippen LogP contribution in [0.4, 0.5) is 0 Å². The Morgan fingerprint density at radius 1 is 1.11 bits per heavy atom. The predicted molar refractivity (Wildman–Crippen MR) is 108 cm³/mol. The summed E-state index contributed by atoms with van der Waals surface area (Å²) in [7, 11) is 0. The topological polar surface area (TPSA) is 64.0 Å². The zero-order valence-corrected chi connectivity index (χ0v) is 16.3. The van der Waals surface area contributed by atoms with E-state index in [0.717, 1.165) is 12.0 Å². The average molecular weight is 388 g/mol. The van der Waals surface area contributed by atoms with E-state index in [1.165, 1.54) is 42.9 Å². The summed E-state index contributed by atoms with van der Waals surface area (Å²) >= 11 is 5.91. The van der Waals surface area contributed by atoms with E-state index in [9.17, 15) is 9.59 Å². The smallest absolute Gasteiger partial charge is 0.266 e. The molecule has 1 N–H and O–H groups in total. The van der Waals surface area contributed by atoms with Crippen LogP contribution in [0.3, 0.4) is 0 Å². The second-order valence-electron chi connectivity index (χ2n) is 7.18. The van der Waals surface area contributed by atoms with Crippen LogP contribution in [0.5, 0.6) is 0 Å². The molecule has 1 aromatic heterocycles. The average Bonchev–Trinajstić information content (AvgIpc) is 2.69. The van der Waals surface area contributed by atoms with Crippen molar-refractivity contribution in [1.82, 2.24) is 15.1 Å². The fourth-order valence-electron chi connectivity index (χ4n) is 3.58. The number of hydrogen-bond donors (Lipinski definition) is 1. The van der Waals surface area contributed by atoms with Crippen molar-refractivity contribution in [2.45, 2.75) is 51.5 Å². The molecule has 1 aliphatic carbocycles. The van der Waals surface area contributed by atoms with Crippen molar-refractivity contribution in [1.29, 1.82) is 0 Å². The molecule has 27 heavy (non-hydrogen) atoms. The fraction of sp³-hybridized carbons (Fsp3) is 0.476. The van der Waals surface area contributed by atoms with Crippen molar-refractivity contribution in [3.05, 3.63) is 51.8 Å². The normalized spacial score (nSPS) is 14.9. The molecule has 1 fully saturated rings. The molecule has 1 aromatic carbocycles. The SMILES string of the molecule is O=C(CCC1CCCCC1)NCCn1nc(-c2ccc(Cl)cc2)ccc1=O. The van der Waals surface area contributed by atoms with Crippen LogP contribution in [0.2, 0.25) is 5.02 Å². The van der Waals surface area contributed by atoms with E-state index in [4.69, 9.17) is 11.6 Å². The summed E-state index contributed by atoms with van der Waals surface area (Å²) in [5.41, 5.74) is 1.42. The highest BCUT2D eigenvalue weighted by molar-refractivity contribution is 6.30. The second kappa shape index (κ2) is 9.70. The maximum Gasteiger partial charge on any atom is 0.266 e. The van der Waals surface area contributed by atoms with E-state index >= 15 is 0 Å².